The van der Waals surface area contributed by atoms with Gasteiger partial charge in [0.1, 0.15) is 24.1 Å². The van der Waals surface area contributed by atoms with Crippen LogP contribution < -0.4 is 20.1 Å². The summed E-state index contributed by atoms with van der Waals surface area (Å²) in [4.78, 5) is 38.0. The lowest BCUT2D eigenvalue weighted by molar-refractivity contribution is -0.141. The zero-order valence-corrected chi connectivity index (χ0v) is 24.4. The Morgan fingerprint density at radius 1 is 0.767 bits per heavy atom. The zero-order valence-electron chi connectivity index (χ0n) is 24.4. The van der Waals surface area contributed by atoms with Gasteiger partial charge in [-0.15, -0.1) is 0 Å². The van der Waals surface area contributed by atoms with Gasteiger partial charge in [0, 0.05) is 29.7 Å². The van der Waals surface area contributed by atoms with Gasteiger partial charge < -0.3 is 24.8 Å². The first-order valence-corrected chi connectivity index (χ1v) is 14.1. The first-order valence-electron chi connectivity index (χ1n) is 14.1. The fraction of sp³-hybridized carbons (Fsp3) is 0.229. The predicted molar refractivity (Wildman–Crippen MR) is 166 cm³/mol. The molecule has 43 heavy (non-hydrogen) atoms. The van der Waals surface area contributed by atoms with Gasteiger partial charge in [0.2, 0.25) is 5.91 Å². The van der Waals surface area contributed by atoms with Crippen LogP contribution in [-0.2, 0) is 27.2 Å². The van der Waals surface area contributed by atoms with E-state index in [-0.39, 0.29) is 11.7 Å². The SMILES string of the molecule is COC(=O)[C@H](Cc1ccc(OCCNC(=O)CCc2cccc(OC)c2)cc1)Nc1ccccc1C(=O)c1ccccc1. The van der Waals surface area contributed by atoms with Gasteiger partial charge in [0.25, 0.3) is 0 Å². The highest BCUT2D eigenvalue weighted by Crippen LogP contribution is 2.22. The molecule has 222 valence electrons. The standard InChI is InChI=1S/C35H36N2O6/c1-41-29-12-8-9-25(23-29)17-20-33(38)36-21-22-43-28-18-15-26(16-19-28)24-32(35(40)42-2)37-31-14-7-6-13-30(31)34(39)27-10-4-3-5-11-27/h3-16,18-19,23,32,37H,17,20-22,24H2,1-2H3,(H,36,38)/t32-/m0/s1. The van der Waals surface area contributed by atoms with Crippen molar-refractivity contribution in [1.82, 2.24) is 5.32 Å². The molecule has 0 heterocycles. The van der Waals surface area contributed by atoms with Crippen molar-refractivity contribution in [2.45, 2.75) is 25.3 Å². The molecule has 0 aliphatic heterocycles. The smallest absolute Gasteiger partial charge is 0.328 e. The Balaban J connectivity index is 1.28. The molecule has 0 aliphatic rings. The number of aryl methyl sites for hydroxylation is 1. The molecular weight excluding hydrogens is 544 g/mol. The maximum Gasteiger partial charge on any atom is 0.328 e. The number of hydrogen-bond donors (Lipinski definition) is 2. The fourth-order valence-corrected chi connectivity index (χ4v) is 4.57. The van der Waals surface area contributed by atoms with E-state index >= 15 is 0 Å². The number of hydrogen-bond acceptors (Lipinski definition) is 7. The minimum atomic E-state index is -0.714. The van der Waals surface area contributed by atoms with Gasteiger partial charge in [0.05, 0.1) is 20.8 Å². The lowest BCUT2D eigenvalue weighted by Crippen LogP contribution is -2.33. The predicted octanol–water partition coefficient (Wildman–Crippen LogP) is 5.25. The molecule has 4 aromatic carbocycles. The lowest BCUT2D eigenvalue weighted by atomic mass is 10.00. The number of methoxy groups -OCH3 is 2. The molecule has 1 amide bonds. The van der Waals surface area contributed by atoms with E-state index in [0.29, 0.717) is 55.0 Å². The topological polar surface area (TPSA) is 103 Å². The van der Waals surface area contributed by atoms with E-state index in [4.69, 9.17) is 14.2 Å². The molecule has 0 saturated heterocycles. The second-order valence-corrected chi connectivity index (χ2v) is 9.86. The van der Waals surface area contributed by atoms with Crippen LogP contribution in [0.15, 0.2) is 103 Å². The highest BCUT2D eigenvalue weighted by atomic mass is 16.5. The van der Waals surface area contributed by atoms with Crippen LogP contribution in [0, 0.1) is 0 Å². The first-order chi connectivity index (χ1) is 21.0. The molecule has 8 nitrogen and oxygen atoms in total. The van der Waals surface area contributed by atoms with Crippen molar-refractivity contribution in [3.05, 3.63) is 125 Å². The third kappa shape index (κ3) is 9.19. The van der Waals surface area contributed by atoms with Crippen LogP contribution in [0.1, 0.15) is 33.5 Å². The number of ketones is 1. The molecular formula is C35H36N2O6. The number of nitrogens with one attached hydrogen (secondary N) is 2. The second kappa shape index (κ2) is 15.8. The summed E-state index contributed by atoms with van der Waals surface area (Å²) < 4.78 is 16.1. The number of para-hydroxylation sites is 1. The molecule has 4 aromatic rings. The normalized spacial score (nSPS) is 11.2. The molecule has 8 heteroatoms. The molecule has 0 aromatic heterocycles. The van der Waals surface area contributed by atoms with Gasteiger partial charge >= 0.3 is 5.97 Å². The number of anilines is 1. The van der Waals surface area contributed by atoms with Crippen molar-refractivity contribution >= 4 is 23.3 Å². The van der Waals surface area contributed by atoms with Crippen LogP contribution in [-0.4, -0.2) is 51.1 Å². The molecule has 1 atom stereocenters. The van der Waals surface area contributed by atoms with Crippen molar-refractivity contribution < 1.29 is 28.6 Å². The van der Waals surface area contributed by atoms with Crippen molar-refractivity contribution in [1.29, 1.82) is 0 Å². The van der Waals surface area contributed by atoms with E-state index in [1.165, 1.54) is 7.11 Å². The Kier molecular flexibility index (Phi) is 11.3. The van der Waals surface area contributed by atoms with Crippen molar-refractivity contribution in [3.8, 4) is 11.5 Å². The Hall–Kier alpha value is -5.11. The summed E-state index contributed by atoms with van der Waals surface area (Å²) in [5, 5.41) is 6.09. The number of amides is 1. The van der Waals surface area contributed by atoms with Crippen LogP contribution in [0.3, 0.4) is 0 Å². The van der Waals surface area contributed by atoms with Crippen LogP contribution in [0.25, 0.3) is 0 Å². The third-order valence-electron chi connectivity index (χ3n) is 6.85. The quantitative estimate of drug-likeness (QED) is 0.112. The monoisotopic (exact) mass is 580 g/mol. The Bertz CT molecular complexity index is 1500. The Morgan fingerprint density at radius 2 is 1.51 bits per heavy atom. The maximum atomic E-state index is 13.1. The molecule has 0 bridgehead atoms. The van der Waals surface area contributed by atoms with E-state index in [2.05, 4.69) is 10.6 Å². The third-order valence-corrected chi connectivity index (χ3v) is 6.85. The van der Waals surface area contributed by atoms with Gasteiger partial charge in [-0.05, 0) is 53.9 Å². The molecule has 0 fully saturated rings. The van der Waals surface area contributed by atoms with Crippen LogP contribution in [0.5, 0.6) is 11.5 Å². The maximum absolute atomic E-state index is 13.1. The number of benzene rings is 4. The van der Waals surface area contributed by atoms with Crippen LogP contribution >= 0.6 is 0 Å². The largest absolute Gasteiger partial charge is 0.497 e. The summed E-state index contributed by atoms with van der Waals surface area (Å²) in [6.45, 7) is 0.705. The molecule has 0 spiro atoms. The van der Waals surface area contributed by atoms with Crippen molar-refractivity contribution in [3.63, 3.8) is 0 Å². The highest BCUT2D eigenvalue weighted by molar-refractivity contribution is 6.12. The summed E-state index contributed by atoms with van der Waals surface area (Å²) in [5.74, 6) is 0.798. The molecule has 4 rings (SSSR count). The van der Waals surface area contributed by atoms with E-state index in [9.17, 15) is 14.4 Å². The molecule has 0 aliphatic carbocycles. The average Bonchev–Trinajstić information content (AvgIpc) is 3.06. The summed E-state index contributed by atoms with van der Waals surface area (Å²) >= 11 is 0. The van der Waals surface area contributed by atoms with E-state index in [1.807, 2.05) is 72.8 Å². The number of carbonyl (C=O) groups is 3. The summed E-state index contributed by atoms with van der Waals surface area (Å²) in [7, 11) is 2.96. The summed E-state index contributed by atoms with van der Waals surface area (Å²) in [6, 6.07) is 30.5. The van der Waals surface area contributed by atoms with Gasteiger partial charge in [0.15, 0.2) is 5.78 Å². The van der Waals surface area contributed by atoms with Crippen LogP contribution in [0.4, 0.5) is 5.69 Å². The summed E-state index contributed by atoms with van der Waals surface area (Å²) in [5.41, 5.74) is 3.51. The van der Waals surface area contributed by atoms with Crippen molar-refractivity contribution in [2.24, 2.45) is 0 Å². The van der Waals surface area contributed by atoms with Crippen molar-refractivity contribution in [2.75, 3.05) is 32.7 Å². The number of carbonyl (C=O) groups excluding carboxylic acids is 3. The Morgan fingerprint density at radius 3 is 2.26 bits per heavy atom. The Labute approximate surface area is 252 Å². The van der Waals surface area contributed by atoms with E-state index in [0.717, 1.165) is 16.9 Å². The number of esters is 1. The summed E-state index contributed by atoms with van der Waals surface area (Å²) in [6.07, 6.45) is 1.34. The van der Waals surface area contributed by atoms with Crippen LogP contribution in [0.2, 0.25) is 0 Å². The fourth-order valence-electron chi connectivity index (χ4n) is 4.57. The number of ether oxygens (including phenoxy) is 3. The second-order valence-electron chi connectivity index (χ2n) is 9.86. The van der Waals surface area contributed by atoms with E-state index < -0.39 is 12.0 Å². The van der Waals surface area contributed by atoms with E-state index in [1.54, 1.807) is 37.4 Å². The van der Waals surface area contributed by atoms with Gasteiger partial charge in [-0.25, -0.2) is 4.79 Å². The minimum Gasteiger partial charge on any atom is -0.497 e. The zero-order chi connectivity index (χ0) is 30.4. The van der Waals surface area contributed by atoms with Gasteiger partial charge in [-0.3, -0.25) is 9.59 Å². The minimum absolute atomic E-state index is 0.0461. The average molecular weight is 581 g/mol. The van der Waals surface area contributed by atoms with Gasteiger partial charge in [-0.2, -0.15) is 0 Å². The molecule has 0 radical (unpaired) electrons. The number of rotatable bonds is 15. The highest BCUT2D eigenvalue weighted by Gasteiger charge is 2.22. The first kappa shape index (κ1) is 30.8. The van der Waals surface area contributed by atoms with Gasteiger partial charge in [-0.1, -0.05) is 66.7 Å². The molecule has 0 unspecified atom stereocenters. The lowest BCUT2D eigenvalue weighted by Gasteiger charge is -2.20. The molecule has 2 N–H and O–H groups in total. The molecule has 0 saturated carbocycles.